The Morgan fingerprint density at radius 2 is 1.93 bits per heavy atom. The molecule has 0 aromatic heterocycles. The van der Waals surface area contributed by atoms with Crippen molar-refractivity contribution in [2.75, 3.05) is 13.1 Å². The molecule has 0 radical (unpaired) electrons. The van der Waals surface area contributed by atoms with Gasteiger partial charge in [-0.2, -0.15) is 0 Å². The molecule has 0 bridgehead atoms. The molecule has 0 spiro atoms. The molecular formula is C9H16NO2PSe. The van der Waals surface area contributed by atoms with Crippen LogP contribution in [0.4, 0.5) is 0 Å². The van der Waals surface area contributed by atoms with Crippen LogP contribution in [0.25, 0.3) is 0 Å². The number of nitrogens with zero attached hydrogens (tertiary/aromatic N) is 1. The Labute approximate surface area is 93.6 Å². The van der Waals surface area contributed by atoms with Crippen molar-refractivity contribution in [3.63, 3.8) is 0 Å². The molecule has 0 saturated carbocycles. The van der Waals surface area contributed by atoms with Crippen LogP contribution in [0.15, 0.2) is 0 Å². The molecule has 1 aliphatic rings. The van der Waals surface area contributed by atoms with Gasteiger partial charge in [0.05, 0.1) is 0 Å². The first-order valence-corrected chi connectivity index (χ1v) is 8.48. The fourth-order valence-electron chi connectivity index (χ4n) is 1.23. The third kappa shape index (κ3) is 2.49. The molecule has 1 aliphatic heterocycles. The molecule has 1 saturated heterocycles. The first kappa shape index (κ1) is 12.5. The van der Waals surface area contributed by atoms with E-state index >= 15 is 0 Å². The zero-order valence-electron chi connectivity index (χ0n) is 8.77. The molecule has 0 aromatic rings. The van der Waals surface area contributed by atoms with E-state index in [-0.39, 0.29) is 12.2 Å². The summed E-state index contributed by atoms with van der Waals surface area (Å²) in [7, 11) is 0. The van der Waals surface area contributed by atoms with Crippen LogP contribution in [-0.2, 0) is 9.05 Å². The van der Waals surface area contributed by atoms with Crippen LogP contribution in [0.3, 0.4) is 0 Å². The molecule has 80 valence electrons. The van der Waals surface area contributed by atoms with Gasteiger partial charge in [-0.25, -0.2) is 0 Å². The summed E-state index contributed by atoms with van der Waals surface area (Å²) in [6.07, 6.45) is 3.58. The van der Waals surface area contributed by atoms with Gasteiger partial charge in [0.25, 0.3) is 0 Å². The molecule has 0 amide bonds. The topological polar surface area (TPSA) is 21.7 Å². The Hall–Kier alpha value is 0.389. The van der Waals surface area contributed by atoms with E-state index in [0.717, 1.165) is 6.54 Å². The average molecular weight is 280 g/mol. The van der Waals surface area contributed by atoms with Crippen LogP contribution in [-0.4, -0.2) is 45.1 Å². The van der Waals surface area contributed by atoms with E-state index in [2.05, 4.69) is 32.6 Å². The molecule has 14 heavy (non-hydrogen) atoms. The van der Waals surface area contributed by atoms with Crippen LogP contribution in [0, 0.1) is 12.3 Å². The second-order valence-electron chi connectivity index (χ2n) is 3.27. The number of rotatable bonds is 3. The molecule has 2 unspecified atom stereocenters. The Bertz CT molecular complexity index is 275. The summed E-state index contributed by atoms with van der Waals surface area (Å²) >= 11 is 3.05. The van der Waals surface area contributed by atoms with Crippen LogP contribution in [0.2, 0.25) is 0 Å². The SMILES string of the molecule is C#CCN(CC)P1(=[Se])OC(C)C(C)O1. The Kier molecular flexibility index (Phi) is 4.40. The van der Waals surface area contributed by atoms with Crippen molar-refractivity contribution in [2.24, 2.45) is 0 Å². The van der Waals surface area contributed by atoms with Crippen molar-refractivity contribution in [3.05, 3.63) is 0 Å². The molecule has 0 N–H and O–H groups in total. The third-order valence-electron chi connectivity index (χ3n) is 2.25. The van der Waals surface area contributed by atoms with E-state index < -0.39 is 6.11 Å². The normalized spacial score (nSPS) is 37.4. The van der Waals surface area contributed by atoms with Crippen molar-refractivity contribution < 1.29 is 9.05 Å². The minimum absolute atomic E-state index is 0.136. The second kappa shape index (κ2) is 4.94. The van der Waals surface area contributed by atoms with Crippen molar-refractivity contribution in [1.29, 1.82) is 0 Å². The fourth-order valence-corrected chi connectivity index (χ4v) is 6.13. The summed E-state index contributed by atoms with van der Waals surface area (Å²) in [4.78, 5) is 0. The van der Waals surface area contributed by atoms with Crippen LogP contribution in [0.5, 0.6) is 0 Å². The van der Waals surface area contributed by atoms with E-state index in [1.165, 1.54) is 0 Å². The zero-order valence-corrected chi connectivity index (χ0v) is 11.4. The van der Waals surface area contributed by atoms with Crippen LogP contribution < -0.4 is 0 Å². The van der Waals surface area contributed by atoms with E-state index in [1.54, 1.807) is 0 Å². The van der Waals surface area contributed by atoms with Gasteiger partial charge < -0.3 is 0 Å². The monoisotopic (exact) mass is 281 g/mol. The van der Waals surface area contributed by atoms with Crippen molar-refractivity contribution in [1.82, 2.24) is 4.67 Å². The zero-order chi connectivity index (χ0) is 10.8. The van der Waals surface area contributed by atoms with Crippen molar-refractivity contribution in [2.45, 2.75) is 33.0 Å². The van der Waals surface area contributed by atoms with Gasteiger partial charge in [0.15, 0.2) is 0 Å². The van der Waals surface area contributed by atoms with Gasteiger partial charge in [0.2, 0.25) is 0 Å². The summed E-state index contributed by atoms with van der Waals surface area (Å²) in [5.74, 6) is 2.62. The van der Waals surface area contributed by atoms with Crippen LogP contribution in [0.1, 0.15) is 20.8 Å². The number of hydrogen-bond donors (Lipinski definition) is 0. The first-order valence-electron chi connectivity index (χ1n) is 4.69. The molecule has 3 nitrogen and oxygen atoms in total. The summed E-state index contributed by atoms with van der Waals surface area (Å²) in [5.41, 5.74) is 0. The van der Waals surface area contributed by atoms with Gasteiger partial charge in [-0.3, -0.25) is 0 Å². The van der Waals surface area contributed by atoms with Gasteiger partial charge in [-0.1, -0.05) is 0 Å². The average Bonchev–Trinajstić information content (AvgIpc) is 2.38. The predicted molar refractivity (Wildman–Crippen MR) is 59.8 cm³/mol. The van der Waals surface area contributed by atoms with Gasteiger partial charge in [-0.05, 0) is 0 Å². The molecule has 1 heterocycles. The molecule has 5 heteroatoms. The minimum atomic E-state index is -1.99. The Balaban J connectivity index is 2.76. The van der Waals surface area contributed by atoms with E-state index in [9.17, 15) is 0 Å². The predicted octanol–water partition coefficient (Wildman–Crippen LogP) is 1.61. The molecular weight excluding hydrogens is 264 g/mol. The summed E-state index contributed by atoms with van der Waals surface area (Å²) in [5, 5.41) is 0. The van der Waals surface area contributed by atoms with E-state index in [1.807, 2.05) is 13.8 Å². The maximum atomic E-state index is 5.83. The quantitative estimate of drug-likeness (QED) is 0.445. The van der Waals surface area contributed by atoms with Gasteiger partial charge >= 0.3 is 93.3 Å². The van der Waals surface area contributed by atoms with Gasteiger partial charge in [-0.15, -0.1) is 0 Å². The standard InChI is InChI=1S/C9H16NO2PSe/c1-5-7-10(6-2)13(14)11-8(3)9(4)12-13/h1,8-9H,6-7H2,2-4H3. The summed E-state index contributed by atoms with van der Waals surface area (Å²) < 4.78 is 13.7. The van der Waals surface area contributed by atoms with Gasteiger partial charge in [0.1, 0.15) is 0 Å². The van der Waals surface area contributed by atoms with Crippen LogP contribution >= 0.6 is 6.11 Å². The third-order valence-corrected chi connectivity index (χ3v) is 7.10. The molecule has 1 rings (SSSR count). The van der Waals surface area contributed by atoms with E-state index in [0.29, 0.717) is 6.54 Å². The summed E-state index contributed by atoms with van der Waals surface area (Å²) in [6.45, 7) is 7.50. The Morgan fingerprint density at radius 3 is 2.29 bits per heavy atom. The van der Waals surface area contributed by atoms with Crippen molar-refractivity contribution >= 4 is 21.2 Å². The molecule has 2 atom stereocenters. The van der Waals surface area contributed by atoms with E-state index in [4.69, 9.17) is 15.5 Å². The number of terminal acetylenes is 1. The Morgan fingerprint density at radius 1 is 1.43 bits per heavy atom. The number of hydrogen-bond acceptors (Lipinski definition) is 3. The fraction of sp³-hybridized carbons (Fsp3) is 0.778. The molecule has 0 aromatic carbocycles. The van der Waals surface area contributed by atoms with Crippen molar-refractivity contribution in [3.8, 4) is 12.3 Å². The second-order valence-corrected chi connectivity index (χ2v) is 8.10. The molecule has 0 aliphatic carbocycles. The molecule has 1 fully saturated rings. The first-order chi connectivity index (χ1) is 6.53. The summed E-state index contributed by atoms with van der Waals surface area (Å²) in [6, 6.07) is 0. The van der Waals surface area contributed by atoms with Gasteiger partial charge in [0, 0.05) is 0 Å². The maximum absolute atomic E-state index is 5.83.